The van der Waals surface area contributed by atoms with Crippen molar-refractivity contribution in [2.75, 3.05) is 6.26 Å². The van der Waals surface area contributed by atoms with Crippen LogP contribution in [0.4, 0.5) is 0 Å². The molecule has 67 valence electrons. The maximum absolute atomic E-state index is 11.3. The molecule has 3 nitrogen and oxygen atoms in total. The zero-order valence-electron chi connectivity index (χ0n) is 7.03. The number of H-pyrrole nitrogens is 1. The maximum Gasteiger partial charge on any atom is 0.177 e. The average molecular weight is 194 g/mol. The summed E-state index contributed by atoms with van der Waals surface area (Å²) in [7, 11) is -3.14. The second kappa shape index (κ2) is 2.60. The Kier molecular flexibility index (Phi) is 1.66. The first-order chi connectivity index (χ1) is 6.09. The van der Waals surface area contributed by atoms with Gasteiger partial charge in [0.05, 0.1) is 4.90 Å². The van der Waals surface area contributed by atoms with E-state index in [4.69, 9.17) is 0 Å². The van der Waals surface area contributed by atoms with E-state index in [0.717, 1.165) is 5.52 Å². The summed E-state index contributed by atoms with van der Waals surface area (Å²) in [6.45, 7) is 0. The maximum atomic E-state index is 11.3. The molecule has 0 unspecified atom stereocenters. The van der Waals surface area contributed by atoms with Gasteiger partial charge in [0.1, 0.15) is 0 Å². The first-order valence-corrected chi connectivity index (χ1v) is 5.65. The van der Waals surface area contributed by atoms with E-state index >= 15 is 0 Å². The van der Waals surface area contributed by atoms with Gasteiger partial charge in [-0.25, -0.2) is 8.42 Å². The molecule has 1 aromatic heterocycles. The Morgan fingerprint density at radius 3 is 2.92 bits per heavy atom. The Balaban J connectivity index is 2.87. The minimum atomic E-state index is -3.14. The van der Waals surface area contributed by atoms with Crippen molar-refractivity contribution in [3.8, 4) is 0 Å². The van der Waals surface area contributed by atoms with Crippen LogP contribution in [0.2, 0.25) is 0 Å². The molecule has 13 heavy (non-hydrogen) atoms. The highest BCUT2D eigenvalue weighted by molar-refractivity contribution is 7.91. The number of benzene rings is 1. The van der Waals surface area contributed by atoms with Crippen LogP contribution in [-0.4, -0.2) is 19.7 Å². The first-order valence-electron chi connectivity index (χ1n) is 3.76. The van der Waals surface area contributed by atoms with Gasteiger partial charge in [-0.05, 0) is 18.2 Å². The molecule has 1 aromatic carbocycles. The average Bonchev–Trinajstić information content (AvgIpc) is 2.45. The van der Waals surface area contributed by atoms with E-state index in [1.165, 1.54) is 12.5 Å². The smallest absolute Gasteiger partial charge is 0.177 e. The minimum Gasteiger partial charge on any atom is -0.360 e. The first kappa shape index (κ1) is 8.31. The number of aromatic amines is 1. The third-order valence-electron chi connectivity index (χ3n) is 1.89. The third kappa shape index (κ3) is 1.33. The molecule has 0 spiro atoms. The second-order valence-electron chi connectivity index (χ2n) is 2.90. The van der Waals surface area contributed by atoms with E-state index in [1.54, 1.807) is 18.2 Å². The Hall–Kier alpha value is -1.29. The molecule has 0 aliphatic rings. The van der Waals surface area contributed by atoms with Crippen LogP contribution in [0.5, 0.6) is 0 Å². The second-order valence-corrected chi connectivity index (χ2v) is 4.88. The summed E-state index contributed by atoms with van der Waals surface area (Å²) >= 11 is 0. The molecule has 0 amide bonds. The van der Waals surface area contributed by atoms with E-state index in [9.17, 15) is 8.42 Å². The molecule has 0 bridgehead atoms. The van der Waals surface area contributed by atoms with E-state index < -0.39 is 9.84 Å². The summed E-state index contributed by atoms with van der Waals surface area (Å²) in [4.78, 5) is 3.23. The van der Waals surface area contributed by atoms with E-state index in [0.29, 0.717) is 10.3 Å². The number of hydrogen-bond donors (Lipinski definition) is 1. The molecule has 0 saturated heterocycles. The van der Waals surface area contributed by atoms with Crippen LogP contribution in [0.15, 0.2) is 29.3 Å². The van der Waals surface area contributed by atoms with Gasteiger partial charge < -0.3 is 4.98 Å². The number of fused-ring (bicyclic) bond motifs is 1. The zero-order valence-corrected chi connectivity index (χ0v) is 7.85. The van der Waals surface area contributed by atoms with E-state index in [1.807, 2.05) is 0 Å². The van der Waals surface area contributed by atoms with Crippen LogP contribution in [0.3, 0.4) is 0 Å². The largest absolute Gasteiger partial charge is 0.360 e. The number of aromatic nitrogens is 1. The Morgan fingerprint density at radius 2 is 2.23 bits per heavy atom. The molecule has 1 N–H and O–H groups in total. The summed E-state index contributed by atoms with van der Waals surface area (Å²) in [5, 5.41) is 0.699. The van der Waals surface area contributed by atoms with Crippen molar-refractivity contribution in [2.24, 2.45) is 0 Å². The molecule has 1 heterocycles. The normalized spacial score (nSPS) is 12.1. The third-order valence-corrected chi connectivity index (χ3v) is 3.02. The van der Waals surface area contributed by atoms with Crippen molar-refractivity contribution in [1.29, 1.82) is 0 Å². The van der Waals surface area contributed by atoms with Crippen LogP contribution in [0.1, 0.15) is 0 Å². The topological polar surface area (TPSA) is 49.9 Å². The van der Waals surface area contributed by atoms with Gasteiger partial charge >= 0.3 is 0 Å². The van der Waals surface area contributed by atoms with Gasteiger partial charge in [0, 0.05) is 23.4 Å². The van der Waals surface area contributed by atoms with Crippen molar-refractivity contribution < 1.29 is 8.42 Å². The predicted octanol–water partition coefficient (Wildman–Crippen LogP) is 1.37. The number of hydrogen-bond acceptors (Lipinski definition) is 2. The monoisotopic (exact) mass is 194 g/mol. The Bertz CT molecular complexity index is 539. The van der Waals surface area contributed by atoms with Gasteiger partial charge in [-0.1, -0.05) is 6.07 Å². The molecule has 2 rings (SSSR count). The van der Waals surface area contributed by atoms with Crippen LogP contribution >= 0.6 is 0 Å². The SMILES string of the molecule is CS(=O)(=O)c1c[nH]c2cc[c]cc12. The lowest BCUT2D eigenvalue weighted by Gasteiger charge is -1.93. The fourth-order valence-corrected chi connectivity index (χ4v) is 2.13. The highest BCUT2D eigenvalue weighted by Crippen LogP contribution is 2.21. The molecule has 0 atom stereocenters. The molecule has 1 radical (unpaired) electrons. The summed E-state index contributed by atoms with van der Waals surface area (Å²) in [5.74, 6) is 0. The van der Waals surface area contributed by atoms with Crippen molar-refractivity contribution >= 4 is 20.7 Å². The fourth-order valence-electron chi connectivity index (χ4n) is 1.29. The zero-order chi connectivity index (χ0) is 9.47. The highest BCUT2D eigenvalue weighted by Gasteiger charge is 2.12. The van der Waals surface area contributed by atoms with Crippen LogP contribution in [-0.2, 0) is 9.84 Å². The highest BCUT2D eigenvalue weighted by atomic mass is 32.2. The Morgan fingerprint density at radius 1 is 1.46 bits per heavy atom. The lowest BCUT2D eigenvalue weighted by Crippen LogP contribution is -1.94. The molecule has 0 aliphatic carbocycles. The molecule has 0 saturated carbocycles. The van der Waals surface area contributed by atoms with Crippen molar-refractivity contribution in [3.05, 3.63) is 30.5 Å². The van der Waals surface area contributed by atoms with Gasteiger partial charge in [0.15, 0.2) is 9.84 Å². The van der Waals surface area contributed by atoms with Crippen LogP contribution < -0.4 is 0 Å². The van der Waals surface area contributed by atoms with Crippen molar-refractivity contribution in [3.63, 3.8) is 0 Å². The standard InChI is InChI=1S/C9H8NO2S/c1-13(11,12)9-6-10-8-5-3-2-4-7(8)9/h3-6,10H,1H3. The molecule has 4 heteroatoms. The van der Waals surface area contributed by atoms with Gasteiger partial charge in [0.2, 0.25) is 0 Å². The molecular weight excluding hydrogens is 186 g/mol. The summed E-state index contributed by atoms with van der Waals surface area (Å²) < 4.78 is 22.5. The van der Waals surface area contributed by atoms with Gasteiger partial charge in [-0.3, -0.25) is 0 Å². The fraction of sp³-hybridized carbons (Fsp3) is 0.111. The van der Waals surface area contributed by atoms with Crippen molar-refractivity contribution in [2.45, 2.75) is 4.90 Å². The molecule has 0 aliphatic heterocycles. The predicted molar refractivity (Wildman–Crippen MR) is 50.2 cm³/mol. The quantitative estimate of drug-likeness (QED) is 0.745. The van der Waals surface area contributed by atoms with Gasteiger partial charge in [0.25, 0.3) is 0 Å². The summed E-state index contributed by atoms with van der Waals surface area (Å²) in [6.07, 6.45) is 2.70. The lowest BCUT2D eigenvalue weighted by molar-refractivity contribution is 0.602. The Labute approximate surface area is 76.3 Å². The van der Waals surface area contributed by atoms with E-state index in [-0.39, 0.29) is 0 Å². The van der Waals surface area contributed by atoms with E-state index in [2.05, 4.69) is 11.1 Å². The van der Waals surface area contributed by atoms with Crippen LogP contribution in [0, 0.1) is 6.07 Å². The number of nitrogens with one attached hydrogen (secondary N) is 1. The van der Waals surface area contributed by atoms with Gasteiger partial charge in [-0.15, -0.1) is 0 Å². The number of sulfone groups is 1. The number of rotatable bonds is 1. The van der Waals surface area contributed by atoms with Crippen LogP contribution in [0.25, 0.3) is 10.9 Å². The summed E-state index contributed by atoms with van der Waals surface area (Å²) in [6, 6.07) is 8.06. The minimum absolute atomic E-state index is 0.333. The molecule has 2 aromatic rings. The molecular formula is C9H8NO2S. The van der Waals surface area contributed by atoms with Gasteiger partial charge in [-0.2, -0.15) is 0 Å². The summed E-state index contributed by atoms with van der Waals surface area (Å²) in [5.41, 5.74) is 0.819. The lowest BCUT2D eigenvalue weighted by atomic mass is 10.2. The molecule has 0 fully saturated rings. The van der Waals surface area contributed by atoms with Crippen molar-refractivity contribution in [1.82, 2.24) is 4.98 Å².